The quantitative estimate of drug-likeness (QED) is 0.114. The number of alkyl halides is 1. The summed E-state index contributed by atoms with van der Waals surface area (Å²) < 4.78 is 13.7. The molecule has 0 saturated heterocycles. The van der Waals surface area contributed by atoms with Crippen LogP contribution in [0.1, 0.15) is 175 Å². The third-order valence-electron chi connectivity index (χ3n) is 8.03. The number of hydrogen-bond acceptors (Lipinski definition) is 0. The number of halogens is 1. The van der Waals surface area contributed by atoms with E-state index in [-0.39, 0.29) is 6.67 Å². The molecule has 0 N–H and O–H groups in total. The minimum absolute atomic E-state index is 0.110. The molecule has 32 heavy (non-hydrogen) atoms. The minimum Gasteiger partial charge on any atom is -0.251 e. The average Bonchev–Trinajstić information content (AvgIpc) is 2.80. The molecule has 0 saturated carbocycles. The van der Waals surface area contributed by atoms with Crippen LogP contribution in [0, 0.1) is 17.8 Å². The molecule has 0 heterocycles. The molecule has 2 unspecified atom stereocenters. The van der Waals surface area contributed by atoms with E-state index in [0.717, 1.165) is 6.42 Å². The average molecular weight is 455 g/mol. The van der Waals surface area contributed by atoms with Crippen LogP contribution in [0.15, 0.2) is 0 Å². The molecule has 0 fully saturated rings. The summed E-state index contributed by atoms with van der Waals surface area (Å²) in [5.41, 5.74) is 0. The molecule has 0 radical (unpaired) electrons. The van der Waals surface area contributed by atoms with Gasteiger partial charge in [-0.1, -0.05) is 169 Å². The van der Waals surface area contributed by atoms with Gasteiger partial charge >= 0.3 is 0 Å². The van der Waals surface area contributed by atoms with E-state index in [1.165, 1.54) is 141 Å². The summed E-state index contributed by atoms with van der Waals surface area (Å²) in [5, 5.41) is 0. The molecule has 0 nitrogen and oxygen atoms in total. The molecule has 0 bridgehead atoms. The van der Waals surface area contributed by atoms with E-state index in [1.807, 2.05) is 0 Å². The maximum absolute atomic E-state index is 13.7. The Morgan fingerprint density at radius 2 is 0.750 bits per heavy atom. The first-order chi connectivity index (χ1) is 15.7. The lowest BCUT2D eigenvalue weighted by Gasteiger charge is -2.27. The molecular weight excluding hydrogens is 391 g/mol. The van der Waals surface area contributed by atoms with Crippen molar-refractivity contribution in [1.29, 1.82) is 0 Å². The molecule has 0 amide bonds. The van der Waals surface area contributed by atoms with Crippen LogP contribution in [-0.2, 0) is 0 Å². The van der Waals surface area contributed by atoms with Gasteiger partial charge in [0.2, 0.25) is 0 Å². The number of hydrogen-bond donors (Lipinski definition) is 0. The topological polar surface area (TPSA) is 0 Å². The Kier molecular flexibility index (Phi) is 25.5. The van der Waals surface area contributed by atoms with Gasteiger partial charge in [0, 0.05) is 0 Å². The van der Waals surface area contributed by atoms with E-state index in [2.05, 4.69) is 27.7 Å². The van der Waals surface area contributed by atoms with Crippen LogP contribution >= 0.6 is 0 Å². The molecule has 0 spiro atoms. The minimum atomic E-state index is -0.110. The van der Waals surface area contributed by atoms with Gasteiger partial charge in [-0.25, -0.2) is 0 Å². The van der Waals surface area contributed by atoms with Gasteiger partial charge in [-0.2, -0.15) is 0 Å². The van der Waals surface area contributed by atoms with Crippen LogP contribution < -0.4 is 0 Å². The summed E-state index contributed by atoms with van der Waals surface area (Å²) in [4.78, 5) is 0. The van der Waals surface area contributed by atoms with Crippen molar-refractivity contribution >= 4 is 0 Å². The van der Waals surface area contributed by atoms with Gasteiger partial charge in [0.1, 0.15) is 0 Å². The van der Waals surface area contributed by atoms with E-state index in [0.29, 0.717) is 17.8 Å². The molecule has 0 aromatic heterocycles. The molecule has 3 atom stereocenters. The van der Waals surface area contributed by atoms with Gasteiger partial charge in [-0.3, -0.25) is 4.39 Å². The predicted octanol–water partition coefficient (Wildman–Crippen LogP) is 11.9. The fourth-order valence-electron chi connectivity index (χ4n) is 5.23. The van der Waals surface area contributed by atoms with Crippen LogP contribution in [-0.4, -0.2) is 6.67 Å². The molecule has 0 rings (SSSR count). The number of unbranched alkanes of at least 4 members (excludes halogenated alkanes) is 19. The Hall–Kier alpha value is -0.0700. The van der Waals surface area contributed by atoms with Crippen LogP contribution in [0.4, 0.5) is 4.39 Å². The second-order valence-electron chi connectivity index (χ2n) is 11.0. The summed E-state index contributed by atoms with van der Waals surface area (Å²) >= 11 is 0. The zero-order valence-corrected chi connectivity index (χ0v) is 23.1. The first-order valence-electron chi connectivity index (χ1n) is 15.2. The van der Waals surface area contributed by atoms with E-state index >= 15 is 0 Å². The van der Waals surface area contributed by atoms with Crippen LogP contribution in [0.3, 0.4) is 0 Å². The van der Waals surface area contributed by atoms with Crippen molar-refractivity contribution in [3.05, 3.63) is 0 Å². The highest BCUT2D eigenvalue weighted by Gasteiger charge is 2.22. The van der Waals surface area contributed by atoms with Crippen molar-refractivity contribution in [3.63, 3.8) is 0 Å². The largest absolute Gasteiger partial charge is 0.251 e. The maximum Gasteiger partial charge on any atom is 0.0925 e. The zero-order chi connectivity index (χ0) is 23.7. The van der Waals surface area contributed by atoms with Crippen molar-refractivity contribution in [2.45, 2.75) is 175 Å². The lowest BCUT2D eigenvalue weighted by atomic mass is 9.79. The molecule has 0 aliphatic rings. The van der Waals surface area contributed by atoms with E-state index in [4.69, 9.17) is 0 Å². The fraction of sp³-hybridized carbons (Fsp3) is 1.00. The monoisotopic (exact) mass is 454 g/mol. The first kappa shape index (κ1) is 31.9. The van der Waals surface area contributed by atoms with Crippen molar-refractivity contribution in [3.8, 4) is 0 Å². The Labute approximate surface area is 204 Å². The molecular formula is C31H63F. The summed E-state index contributed by atoms with van der Waals surface area (Å²) in [6, 6.07) is 0. The van der Waals surface area contributed by atoms with Gasteiger partial charge in [0.05, 0.1) is 6.67 Å². The molecule has 0 aliphatic heterocycles. The van der Waals surface area contributed by atoms with E-state index in [9.17, 15) is 4.39 Å². The molecule has 0 aromatic rings. The Balaban J connectivity index is 3.61. The zero-order valence-electron chi connectivity index (χ0n) is 23.1. The first-order valence-corrected chi connectivity index (χ1v) is 15.2. The highest BCUT2D eigenvalue weighted by atomic mass is 19.1. The van der Waals surface area contributed by atoms with Gasteiger partial charge in [-0.15, -0.1) is 0 Å². The van der Waals surface area contributed by atoms with Gasteiger partial charge in [0.15, 0.2) is 0 Å². The molecule has 1 heteroatoms. The molecule has 0 aliphatic carbocycles. The maximum atomic E-state index is 13.7. The predicted molar refractivity (Wildman–Crippen MR) is 145 cm³/mol. The van der Waals surface area contributed by atoms with Crippen molar-refractivity contribution < 1.29 is 4.39 Å². The number of rotatable bonds is 26. The van der Waals surface area contributed by atoms with Crippen molar-refractivity contribution in [1.82, 2.24) is 0 Å². The summed E-state index contributed by atoms with van der Waals surface area (Å²) in [6.45, 7) is 9.16. The van der Waals surface area contributed by atoms with E-state index in [1.54, 1.807) is 0 Å². The summed E-state index contributed by atoms with van der Waals surface area (Å²) in [7, 11) is 0. The SMILES string of the molecule is CCCCCCCCCCCCC[C@H](C)C(C)C(CF)CCCCCCCCCCCC. The Morgan fingerprint density at radius 3 is 1.09 bits per heavy atom. The van der Waals surface area contributed by atoms with Crippen molar-refractivity contribution in [2.75, 3.05) is 6.67 Å². The third kappa shape index (κ3) is 20.5. The summed E-state index contributed by atoms with van der Waals surface area (Å²) in [5.74, 6) is 1.52. The third-order valence-corrected chi connectivity index (χ3v) is 8.03. The van der Waals surface area contributed by atoms with Crippen LogP contribution in [0.5, 0.6) is 0 Å². The fourth-order valence-corrected chi connectivity index (χ4v) is 5.23. The normalized spacial score (nSPS) is 14.5. The summed E-state index contributed by atoms with van der Waals surface area (Å²) in [6.07, 6.45) is 31.6. The second kappa shape index (κ2) is 25.6. The lowest BCUT2D eigenvalue weighted by Crippen LogP contribution is -2.21. The van der Waals surface area contributed by atoms with Crippen molar-refractivity contribution in [2.24, 2.45) is 17.8 Å². The standard InChI is InChI=1S/C31H63F/c1-5-7-9-11-13-15-17-18-20-22-24-26-29(3)30(4)31(28-32)27-25-23-21-19-16-14-12-10-8-6-2/h29-31H,5-28H2,1-4H3/t29-,30?,31?/m0/s1. The van der Waals surface area contributed by atoms with Gasteiger partial charge in [-0.05, 0) is 24.2 Å². The van der Waals surface area contributed by atoms with Crippen LogP contribution in [0.25, 0.3) is 0 Å². The molecule has 194 valence electrons. The van der Waals surface area contributed by atoms with Crippen LogP contribution in [0.2, 0.25) is 0 Å². The Morgan fingerprint density at radius 1 is 0.438 bits per heavy atom. The molecule has 0 aromatic carbocycles. The smallest absolute Gasteiger partial charge is 0.0925 e. The van der Waals surface area contributed by atoms with Gasteiger partial charge < -0.3 is 0 Å². The van der Waals surface area contributed by atoms with Gasteiger partial charge in [0.25, 0.3) is 0 Å². The highest BCUT2D eigenvalue weighted by Crippen LogP contribution is 2.30. The second-order valence-corrected chi connectivity index (χ2v) is 11.0. The highest BCUT2D eigenvalue weighted by molar-refractivity contribution is 4.72. The van der Waals surface area contributed by atoms with E-state index < -0.39 is 0 Å². The lowest BCUT2D eigenvalue weighted by molar-refractivity contribution is 0.189. The Bertz CT molecular complexity index is 339.